The van der Waals surface area contributed by atoms with Crippen molar-refractivity contribution >= 4 is 5.91 Å². The number of ether oxygens (including phenoxy) is 1. The van der Waals surface area contributed by atoms with E-state index in [1.807, 2.05) is 32.0 Å². The zero-order valence-electron chi connectivity index (χ0n) is 15.7. The topological polar surface area (TPSA) is 87.9 Å². The average Bonchev–Trinajstić information content (AvgIpc) is 2.69. The fourth-order valence-corrected chi connectivity index (χ4v) is 3.34. The molecule has 0 unspecified atom stereocenters. The molecule has 0 saturated heterocycles. The number of carbonyl (C=O) groups excluding carboxylic acids is 1. The summed E-state index contributed by atoms with van der Waals surface area (Å²) in [6.07, 6.45) is 4.44. The molecule has 0 bridgehead atoms. The standard InChI is InChI=1S/C21H24N4O2/c1-3-15-12-19(8-5-16(15)13-22)27-18-9-6-17(7-10-18)23-21(26)20-11-4-14(2)24-25-20/h4-5,8,11-12,17-18H,3,6-7,9-10H2,1-2H3,(H,23,26). The molecule has 0 spiro atoms. The van der Waals surface area contributed by atoms with Gasteiger partial charge in [-0.25, -0.2) is 0 Å². The lowest BCUT2D eigenvalue weighted by Gasteiger charge is -2.29. The van der Waals surface area contributed by atoms with E-state index in [1.165, 1.54) is 0 Å². The summed E-state index contributed by atoms with van der Waals surface area (Å²) in [4.78, 5) is 12.3. The van der Waals surface area contributed by atoms with Crippen LogP contribution in [-0.4, -0.2) is 28.3 Å². The van der Waals surface area contributed by atoms with Gasteiger partial charge in [0, 0.05) is 6.04 Å². The van der Waals surface area contributed by atoms with Gasteiger partial charge in [0.05, 0.1) is 23.4 Å². The minimum absolute atomic E-state index is 0.132. The highest BCUT2D eigenvalue weighted by atomic mass is 16.5. The monoisotopic (exact) mass is 364 g/mol. The molecular formula is C21H24N4O2. The zero-order valence-corrected chi connectivity index (χ0v) is 15.7. The number of nitrogens with one attached hydrogen (secondary N) is 1. The van der Waals surface area contributed by atoms with E-state index in [1.54, 1.807) is 12.1 Å². The summed E-state index contributed by atoms with van der Waals surface area (Å²) >= 11 is 0. The van der Waals surface area contributed by atoms with Crippen LogP contribution in [0, 0.1) is 18.3 Å². The van der Waals surface area contributed by atoms with Crippen molar-refractivity contribution < 1.29 is 9.53 Å². The van der Waals surface area contributed by atoms with Gasteiger partial charge < -0.3 is 10.1 Å². The SMILES string of the molecule is CCc1cc(OC2CCC(NC(=O)c3ccc(C)nn3)CC2)ccc1C#N. The number of aromatic nitrogens is 2. The van der Waals surface area contributed by atoms with Crippen LogP contribution in [-0.2, 0) is 6.42 Å². The summed E-state index contributed by atoms with van der Waals surface area (Å²) in [6.45, 7) is 3.87. The van der Waals surface area contributed by atoms with Crippen molar-refractivity contribution in [2.45, 2.75) is 58.1 Å². The first-order chi connectivity index (χ1) is 13.1. The smallest absolute Gasteiger partial charge is 0.272 e. The highest BCUT2D eigenvalue weighted by Crippen LogP contribution is 2.26. The van der Waals surface area contributed by atoms with Crippen molar-refractivity contribution in [3.8, 4) is 11.8 Å². The van der Waals surface area contributed by atoms with Crippen molar-refractivity contribution in [2.75, 3.05) is 0 Å². The second-order valence-corrected chi connectivity index (χ2v) is 6.91. The fourth-order valence-electron chi connectivity index (χ4n) is 3.34. The summed E-state index contributed by atoms with van der Waals surface area (Å²) in [5.74, 6) is 0.639. The number of aryl methyl sites for hydroxylation is 2. The van der Waals surface area contributed by atoms with Gasteiger partial charge in [-0.3, -0.25) is 4.79 Å². The normalized spacial score (nSPS) is 19.1. The summed E-state index contributed by atoms with van der Waals surface area (Å²) in [7, 11) is 0. The Hall–Kier alpha value is -2.94. The molecule has 1 amide bonds. The maximum atomic E-state index is 12.3. The molecule has 0 radical (unpaired) electrons. The lowest BCUT2D eigenvalue weighted by Crippen LogP contribution is -2.40. The first kappa shape index (κ1) is 18.8. The summed E-state index contributed by atoms with van der Waals surface area (Å²) < 4.78 is 6.10. The van der Waals surface area contributed by atoms with Crippen LogP contribution in [0.2, 0.25) is 0 Å². The Morgan fingerprint density at radius 2 is 2.00 bits per heavy atom. The molecule has 0 aliphatic heterocycles. The fraction of sp³-hybridized carbons (Fsp3) is 0.429. The van der Waals surface area contributed by atoms with Crippen molar-refractivity contribution in [3.05, 3.63) is 52.8 Å². The number of nitrogens with zero attached hydrogens (tertiary/aromatic N) is 3. The number of nitriles is 1. The lowest BCUT2D eigenvalue weighted by molar-refractivity contribution is 0.0888. The third-order valence-electron chi connectivity index (χ3n) is 4.92. The predicted octanol–water partition coefficient (Wildman–Crippen LogP) is 3.34. The Kier molecular flexibility index (Phi) is 6.02. The van der Waals surface area contributed by atoms with Crippen LogP contribution >= 0.6 is 0 Å². The maximum absolute atomic E-state index is 12.3. The van der Waals surface area contributed by atoms with E-state index in [9.17, 15) is 4.79 Å². The molecule has 1 fully saturated rings. The molecule has 6 heteroatoms. The Bertz CT molecular complexity index is 834. The molecule has 1 aliphatic rings. The van der Waals surface area contributed by atoms with Gasteiger partial charge in [0.15, 0.2) is 5.69 Å². The summed E-state index contributed by atoms with van der Waals surface area (Å²) in [5.41, 5.74) is 2.85. The highest BCUT2D eigenvalue weighted by Gasteiger charge is 2.24. The maximum Gasteiger partial charge on any atom is 0.272 e. The number of benzene rings is 1. The molecule has 1 heterocycles. The molecule has 3 rings (SSSR count). The first-order valence-electron chi connectivity index (χ1n) is 9.40. The van der Waals surface area contributed by atoms with Crippen molar-refractivity contribution in [1.82, 2.24) is 15.5 Å². The number of carbonyl (C=O) groups is 1. The number of amides is 1. The molecule has 1 N–H and O–H groups in total. The molecule has 1 aliphatic carbocycles. The highest BCUT2D eigenvalue weighted by molar-refractivity contribution is 5.92. The first-order valence-corrected chi connectivity index (χ1v) is 9.40. The average molecular weight is 364 g/mol. The molecule has 1 aromatic carbocycles. The van der Waals surface area contributed by atoms with Crippen molar-refractivity contribution in [3.63, 3.8) is 0 Å². The summed E-state index contributed by atoms with van der Waals surface area (Å²) in [5, 5.41) is 20.0. The molecule has 6 nitrogen and oxygen atoms in total. The van der Waals surface area contributed by atoms with Crippen LogP contribution in [0.4, 0.5) is 0 Å². The van der Waals surface area contributed by atoms with E-state index < -0.39 is 0 Å². The van der Waals surface area contributed by atoms with E-state index in [0.29, 0.717) is 11.3 Å². The summed E-state index contributed by atoms with van der Waals surface area (Å²) in [6, 6.07) is 11.5. The van der Waals surface area contributed by atoms with Gasteiger partial charge in [-0.1, -0.05) is 6.92 Å². The van der Waals surface area contributed by atoms with Crippen LogP contribution in [0.15, 0.2) is 30.3 Å². The second-order valence-electron chi connectivity index (χ2n) is 6.91. The third kappa shape index (κ3) is 4.82. The Morgan fingerprint density at radius 1 is 1.22 bits per heavy atom. The number of rotatable bonds is 5. The van der Waals surface area contributed by atoms with Crippen LogP contribution in [0.3, 0.4) is 0 Å². The third-order valence-corrected chi connectivity index (χ3v) is 4.92. The molecule has 1 saturated carbocycles. The van der Waals surface area contributed by atoms with Gasteiger partial charge in [0.2, 0.25) is 0 Å². The molecule has 2 aromatic rings. The number of hydrogen-bond donors (Lipinski definition) is 1. The van der Waals surface area contributed by atoms with Gasteiger partial charge in [-0.15, -0.1) is 5.10 Å². The zero-order chi connectivity index (χ0) is 19.2. The molecule has 27 heavy (non-hydrogen) atoms. The van der Waals surface area contributed by atoms with Crippen LogP contribution in [0.1, 0.15) is 59.9 Å². The Labute approximate surface area is 159 Å². The van der Waals surface area contributed by atoms with Crippen molar-refractivity contribution in [1.29, 1.82) is 5.26 Å². The van der Waals surface area contributed by atoms with Gasteiger partial charge in [0.25, 0.3) is 5.91 Å². The molecular weight excluding hydrogens is 340 g/mol. The second kappa shape index (κ2) is 8.63. The molecule has 0 atom stereocenters. The van der Waals surface area contributed by atoms with Crippen molar-refractivity contribution in [2.24, 2.45) is 0 Å². The molecule has 140 valence electrons. The van der Waals surface area contributed by atoms with E-state index in [0.717, 1.165) is 49.1 Å². The van der Waals surface area contributed by atoms with Gasteiger partial charge >= 0.3 is 0 Å². The van der Waals surface area contributed by atoms with Crippen LogP contribution < -0.4 is 10.1 Å². The minimum Gasteiger partial charge on any atom is -0.490 e. The molecule has 1 aromatic heterocycles. The Balaban J connectivity index is 1.51. The van der Waals surface area contributed by atoms with Gasteiger partial charge in [-0.2, -0.15) is 10.4 Å². The minimum atomic E-state index is -0.174. The van der Waals surface area contributed by atoms with E-state index in [-0.39, 0.29) is 18.1 Å². The van der Waals surface area contributed by atoms with E-state index >= 15 is 0 Å². The lowest BCUT2D eigenvalue weighted by atomic mass is 9.92. The predicted molar refractivity (Wildman–Crippen MR) is 101 cm³/mol. The van der Waals surface area contributed by atoms with Crippen LogP contribution in [0.5, 0.6) is 5.75 Å². The largest absolute Gasteiger partial charge is 0.490 e. The number of hydrogen-bond acceptors (Lipinski definition) is 5. The van der Waals surface area contributed by atoms with E-state index in [4.69, 9.17) is 10.00 Å². The van der Waals surface area contributed by atoms with Gasteiger partial charge in [-0.05, 0) is 74.9 Å². The van der Waals surface area contributed by atoms with Crippen LogP contribution in [0.25, 0.3) is 0 Å². The van der Waals surface area contributed by atoms with Gasteiger partial charge in [0.1, 0.15) is 5.75 Å². The van der Waals surface area contributed by atoms with E-state index in [2.05, 4.69) is 21.6 Å². The Morgan fingerprint density at radius 3 is 2.63 bits per heavy atom. The quantitative estimate of drug-likeness (QED) is 0.879.